The van der Waals surface area contributed by atoms with Crippen molar-refractivity contribution in [2.75, 3.05) is 0 Å². The molecule has 0 radical (unpaired) electrons. The van der Waals surface area contributed by atoms with Gasteiger partial charge in [0.1, 0.15) is 0 Å². The van der Waals surface area contributed by atoms with Crippen LogP contribution in [0, 0.1) is 10.1 Å². The monoisotopic (exact) mass is 357 g/mol. The van der Waals surface area contributed by atoms with Gasteiger partial charge in [-0.2, -0.15) is 0 Å². The zero-order chi connectivity index (χ0) is 8.43. The summed E-state index contributed by atoms with van der Waals surface area (Å²) in [5.74, 6) is -0.166. The number of nitrogens with zero attached hydrogens (tertiary/aromatic N) is 1. The Morgan fingerprint density at radius 2 is 2.08 bits per heavy atom. The molecule has 0 aliphatic rings. The fourth-order valence-electron chi connectivity index (χ4n) is 0.725. The van der Waals surface area contributed by atoms with Crippen LogP contribution in [0.4, 0.5) is 5.69 Å². The van der Waals surface area contributed by atoms with Gasteiger partial charge in [0.25, 0.3) is 0 Å². The molecule has 60 valence electrons. The second-order valence-corrected chi connectivity index (χ2v) is 5.00. The maximum Gasteiger partial charge on any atom is -0.870 e. The average Bonchev–Trinajstić information content (AvgIpc) is 1.94. The van der Waals surface area contributed by atoms with Gasteiger partial charge in [0, 0.05) is 0 Å². The minimum Gasteiger partial charge on any atom is -0.870 e. The van der Waals surface area contributed by atoms with Crippen LogP contribution in [-0.2, 0) is 26.1 Å². The van der Waals surface area contributed by atoms with Crippen LogP contribution in [0.25, 0.3) is 0 Å². The summed E-state index contributed by atoms with van der Waals surface area (Å²) in [4.78, 5) is 9.66. The van der Waals surface area contributed by atoms with Gasteiger partial charge in [-0.15, -0.1) is 0 Å². The Morgan fingerprint density at radius 1 is 1.50 bits per heavy atom. The quantitative estimate of drug-likeness (QED) is 0.445. The van der Waals surface area contributed by atoms with Crippen molar-refractivity contribution in [1.82, 2.24) is 0 Å². The molecule has 0 spiro atoms. The summed E-state index contributed by atoms with van der Waals surface area (Å²) < 4.78 is 0.708. The van der Waals surface area contributed by atoms with Gasteiger partial charge in [0.05, 0.1) is 0 Å². The molecule has 0 aromatic heterocycles. The van der Waals surface area contributed by atoms with Gasteiger partial charge in [0.15, 0.2) is 0 Å². The summed E-state index contributed by atoms with van der Waals surface area (Å²) in [5.41, 5.74) is -0.197. The van der Waals surface area contributed by atoms with E-state index in [2.05, 4.69) is 0 Å². The molecule has 0 bridgehead atoms. The molecule has 0 saturated carbocycles. The molecule has 0 unspecified atom stereocenters. The first-order valence-electron chi connectivity index (χ1n) is 2.91. The van der Waals surface area contributed by atoms with E-state index in [1.807, 2.05) is 0 Å². The molecule has 2 N–H and O–H groups in total. The van der Waals surface area contributed by atoms with Crippen LogP contribution in [0.15, 0.2) is 18.2 Å². The van der Waals surface area contributed by atoms with E-state index in [9.17, 15) is 15.2 Å². The second kappa shape index (κ2) is 4.37. The fraction of sp³-hybridized carbons (Fsp3) is 0. The molecule has 0 amide bonds. The first-order chi connectivity index (χ1) is 5.13. The van der Waals surface area contributed by atoms with Crippen LogP contribution in [0.1, 0.15) is 0 Å². The molecular weight excluding hydrogens is 351 g/mol. The normalized spacial score (nSPS) is 8.83. The summed E-state index contributed by atoms with van der Waals surface area (Å²) in [5, 5.41) is 19.4. The van der Waals surface area contributed by atoms with E-state index < -0.39 is 4.92 Å². The van der Waals surface area contributed by atoms with Gasteiger partial charge in [-0.1, -0.05) is 0 Å². The Balaban J connectivity index is 0.00000121. The zero-order valence-electron chi connectivity index (χ0n) is 6.10. The maximum absolute atomic E-state index is 10.2. The van der Waals surface area contributed by atoms with Crippen molar-refractivity contribution >= 4 is 8.76 Å². The second-order valence-electron chi connectivity index (χ2n) is 2.04. The SMILES string of the molecule is O=[N+]([O-])c1ccc[c]([Hg+])c1O.[OH-]. The van der Waals surface area contributed by atoms with Crippen molar-refractivity contribution in [3.05, 3.63) is 28.3 Å². The average molecular weight is 356 g/mol. The molecular formula is C6H5HgNO4. The maximum atomic E-state index is 10.2. The number of hydrogen-bond donors (Lipinski definition) is 1. The third-order valence-electron chi connectivity index (χ3n) is 1.29. The van der Waals surface area contributed by atoms with E-state index in [1.165, 1.54) is 6.07 Å². The number of phenols is 1. The smallest absolute Gasteiger partial charge is 0.870 e. The molecule has 6 heteroatoms. The van der Waals surface area contributed by atoms with Crippen LogP contribution < -0.4 is 3.07 Å². The van der Waals surface area contributed by atoms with E-state index in [0.29, 0.717) is 3.07 Å². The van der Waals surface area contributed by atoms with Crippen molar-refractivity contribution in [3.8, 4) is 5.75 Å². The van der Waals surface area contributed by atoms with Gasteiger partial charge in [-0.25, -0.2) is 0 Å². The van der Waals surface area contributed by atoms with Crippen molar-refractivity contribution < 1.29 is 41.6 Å². The van der Waals surface area contributed by atoms with Gasteiger partial charge < -0.3 is 5.48 Å². The molecule has 5 nitrogen and oxygen atoms in total. The summed E-state index contributed by atoms with van der Waals surface area (Å²) in [6.45, 7) is 0. The summed E-state index contributed by atoms with van der Waals surface area (Å²) in [6, 6.07) is 4.58. The predicted octanol–water partition coefficient (Wildman–Crippen LogP) is 0.296. The molecule has 0 fully saturated rings. The molecule has 0 heterocycles. The zero-order valence-corrected chi connectivity index (χ0v) is 11.6. The topological polar surface area (TPSA) is 93.4 Å². The van der Waals surface area contributed by atoms with E-state index in [4.69, 9.17) is 0 Å². The number of nitro benzene ring substituents is 1. The Labute approximate surface area is 84.4 Å². The van der Waals surface area contributed by atoms with Crippen molar-refractivity contribution in [3.63, 3.8) is 0 Å². The predicted molar refractivity (Wildman–Crippen MR) is 36.3 cm³/mol. The minimum atomic E-state index is -0.578. The van der Waals surface area contributed by atoms with Crippen LogP contribution in [0.3, 0.4) is 0 Å². The molecule has 1 aromatic rings. The van der Waals surface area contributed by atoms with Crippen molar-refractivity contribution in [1.29, 1.82) is 0 Å². The van der Waals surface area contributed by atoms with Gasteiger partial charge in [-0.3, -0.25) is 0 Å². The summed E-state index contributed by atoms with van der Waals surface area (Å²) in [6.07, 6.45) is 0. The Hall–Kier alpha value is -0.685. The first kappa shape index (κ1) is 11.3. The molecule has 12 heavy (non-hydrogen) atoms. The van der Waals surface area contributed by atoms with E-state index in [-0.39, 0.29) is 43.0 Å². The van der Waals surface area contributed by atoms with Crippen molar-refractivity contribution in [2.45, 2.75) is 0 Å². The number of aromatic hydroxyl groups is 1. The summed E-state index contributed by atoms with van der Waals surface area (Å²) >= 11 is 0.217. The minimum absolute atomic E-state index is 0. The number of hydrogen-bond acceptors (Lipinski definition) is 4. The Kier molecular flexibility index (Phi) is 4.12. The van der Waals surface area contributed by atoms with Gasteiger partial charge in [-0.05, 0) is 0 Å². The first-order valence-corrected chi connectivity index (χ1v) is 5.66. The van der Waals surface area contributed by atoms with Crippen LogP contribution in [0.5, 0.6) is 5.75 Å². The van der Waals surface area contributed by atoms with Gasteiger partial charge >= 0.3 is 79.0 Å². The van der Waals surface area contributed by atoms with Crippen LogP contribution in [-0.4, -0.2) is 15.5 Å². The number of para-hydroxylation sites is 1. The number of phenolic OH excluding ortho intramolecular Hbond substituents is 1. The fourth-order valence-corrected chi connectivity index (χ4v) is 1.96. The van der Waals surface area contributed by atoms with E-state index >= 15 is 0 Å². The van der Waals surface area contributed by atoms with Crippen molar-refractivity contribution in [2.24, 2.45) is 0 Å². The van der Waals surface area contributed by atoms with E-state index in [1.54, 1.807) is 12.1 Å². The molecule has 0 atom stereocenters. The molecule has 1 aromatic carbocycles. The number of rotatable bonds is 1. The molecule has 0 saturated heterocycles. The number of nitro groups is 1. The third kappa shape index (κ3) is 2.15. The standard InChI is InChI=1S/C6H4NO3.Hg.H2O/c8-6-4-2-1-3-5(6)7(9)10;;/h1-3,8H;;1H2/q;+1;/p-1. The van der Waals surface area contributed by atoms with Crippen LogP contribution in [0.2, 0.25) is 0 Å². The molecule has 0 aliphatic heterocycles. The summed E-state index contributed by atoms with van der Waals surface area (Å²) in [7, 11) is 0. The Bertz CT molecular complexity index is 302. The van der Waals surface area contributed by atoms with E-state index in [0.717, 1.165) is 0 Å². The number of benzene rings is 1. The molecule has 0 aliphatic carbocycles. The third-order valence-corrected chi connectivity index (χ3v) is 3.51. The molecule has 1 rings (SSSR count). The van der Waals surface area contributed by atoms with Gasteiger partial charge in [0.2, 0.25) is 0 Å². The largest absolute Gasteiger partial charge is 0.870 e. The Morgan fingerprint density at radius 3 is 2.50 bits per heavy atom. The van der Waals surface area contributed by atoms with Crippen LogP contribution >= 0.6 is 0 Å².